The van der Waals surface area contributed by atoms with Crippen molar-refractivity contribution in [1.82, 2.24) is 20.3 Å². The van der Waals surface area contributed by atoms with Gasteiger partial charge in [-0.15, -0.1) is 0 Å². The van der Waals surface area contributed by atoms with Crippen molar-refractivity contribution in [3.05, 3.63) is 72.4 Å². The first kappa shape index (κ1) is 23.8. The van der Waals surface area contributed by atoms with Gasteiger partial charge in [-0.05, 0) is 66.3 Å². The lowest BCUT2D eigenvalue weighted by Crippen LogP contribution is -2.17. The highest BCUT2D eigenvalue weighted by Crippen LogP contribution is 2.38. The molecule has 2 aromatic heterocycles. The van der Waals surface area contributed by atoms with E-state index in [0.29, 0.717) is 34.5 Å². The summed E-state index contributed by atoms with van der Waals surface area (Å²) in [6.07, 6.45) is 6.43. The van der Waals surface area contributed by atoms with Crippen LogP contribution in [-0.2, 0) is 0 Å². The molecule has 1 saturated carbocycles. The molecule has 1 aliphatic rings. The second-order valence-corrected chi connectivity index (χ2v) is 9.48. The number of ether oxygens (including phenoxy) is 2. The van der Waals surface area contributed by atoms with Crippen molar-refractivity contribution >= 4 is 39.3 Å². The van der Waals surface area contributed by atoms with E-state index in [1.165, 1.54) is 10.8 Å². The maximum absolute atomic E-state index is 12.1. The number of anilines is 2. The molecule has 0 saturated heterocycles. The highest BCUT2D eigenvalue weighted by atomic mass is 16.5. The number of aromatic amines is 1. The fourth-order valence-electron chi connectivity index (χ4n) is 5.09. The summed E-state index contributed by atoms with van der Waals surface area (Å²) >= 11 is 0. The summed E-state index contributed by atoms with van der Waals surface area (Å²) in [4.78, 5) is 25.0. The standard InChI is InChI=1S/C30H29N5O3/c1-31-28(36)21-13-14-24(25(16-21)37-2)33-30-34-27-26(29(35-30)38-22-9-5-6-10-22)23(17-32-27)20-12-11-18-7-3-4-8-19(18)15-20/h3-4,7-8,11-17,22H,5-6,9-10H2,1-2H3,(H,31,36)(H2,32,33,34,35). The van der Waals surface area contributed by atoms with E-state index in [0.717, 1.165) is 42.2 Å². The highest BCUT2D eigenvalue weighted by molar-refractivity contribution is 6.00. The Labute approximate surface area is 220 Å². The molecule has 2 heterocycles. The number of methoxy groups -OCH3 is 1. The molecule has 1 aliphatic carbocycles. The number of rotatable bonds is 7. The molecular formula is C30H29N5O3. The van der Waals surface area contributed by atoms with E-state index < -0.39 is 0 Å². The predicted octanol–water partition coefficient (Wildman–Crippen LogP) is 6.21. The van der Waals surface area contributed by atoms with Crippen LogP contribution in [0.15, 0.2) is 66.9 Å². The zero-order valence-corrected chi connectivity index (χ0v) is 21.4. The average Bonchev–Trinajstić information content (AvgIpc) is 3.63. The smallest absolute Gasteiger partial charge is 0.251 e. The first-order chi connectivity index (χ1) is 18.6. The summed E-state index contributed by atoms with van der Waals surface area (Å²) < 4.78 is 12.0. The van der Waals surface area contributed by atoms with Crippen LogP contribution in [0.4, 0.5) is 11.6 Å². The average molecular weight is 508 g/mol. The van der Waals surface area contributed by atoms with Gasteiger partial charge in [0.05, 0.1) is 18.2 Å². The first-order valence-electron chi connectivity index (χ1n) is 12.8. The third-order valence-electron chi connectivity index (χ3n) is 7.08. The van der Waals surface area contributed by atoms with Crippen LogP contribution in [0.2, 0.25) is 0 Å². The van der Waals surface area contributed by atoms with Crippen molar-refractivity contribution < 1.29 is 14.3 Å². The third kappa shape index (κ3) is 4.49. The molecule has 8 heteroatoms. The van der Waals surface area contributed by atoms with Crippen molar-refractivity contribution in [3.63, 3.8) is 0 Å². The number of fused-ring (bicyclic) bond motifs is 2. The van der Waals surface area contributed by atoms with E-state index in [1.807, 2.05) is 18.3 Å². The Bertz CT molecular complexity index is 1640. The second kappa shape index (κ2) is 10.0. The van der Waals surface area contributed by atoms with Crippen molar-refractivity contribution in [2.24, 2.45) is 0 Å². The Morgan fingerprint density at radius 3 is 2.61 bits per heavy atom. The molecule has 5 aromatic rings. The molecule has 0 bridgehead atoms. The largest absolute Gasteiger partial charge is 0.495 e. The number of amides is 1. The molecule has 38 heavy (non-hydrogen) atoms. The van der Waals surface area contributed by atoms with Gasteiger partial charge in [0, 0.05) is 24.4 Å². The molecule has 192 valence electrons. The molecule has 6 rings (SSSR count). The number of hydrogen-bond acceptors (Lipinski definition) is 6. The van der Waals surface area contributed by atoms with E-state index in [2.05, 4.69) is 45.9 Å². The Hall–Kier alpha value is -4.59. The topological polar surface area (TPSA) is 101 Å². The molecule has 1 amide bonds. The molecule has 0 aliphatic heterocycles. The van der Waals surface area contributed by atoms with Gasteiger partial charge in [0.25, 0.3) is 5.91 Å². The maximum atomic E-state index is 12.1. The SMILES string of the molecule is CNC(=O)c1ccc(Nc2nc(OC3CCCC3)c3c(-c4ccc5ccccc5c4)c[nH]c3n2)c(OC)c1. The number of carbonyl (C=O) groups is 1. The first-order valence-corrected chi connectivity index (χ1v) is 12.8. The lowest BCUT2D eigenvalue weighted by atomic mass is 10.0. The number of aromatic nitrogens is 3. The predicted molar refractivity (Wildman–Crippen MR) is 149 cm³/mol. The minimum Gasteiger partial charge on any atom is -0.495 e. The summed E-state index contributed by atoms with van der Waals surface area (Å²) in [5.74, 6) is 1.25. The van der Waals surface area contributed by atoms with Crippen molar-refractivity contribution in [1.29, 1.82) is 0 Å². The highest BCUT2D eigenvalue weighted by Gasteiger charge is 2.23. The Kier molecular flexibility index (Phi) is 6.29. The zero-order chi connectivity index (χ0) is 26.1. The summed E-state index contributed by atoms with van der Waals surface area (Å²) in [5, 5.41) is 9.11. The van der Waals surface area contributed by atoms with E-state index in [4.69, 9.17) is 19.4 Å². The fourth-order valence-corrected chi connectivity index (χ4v) is 5.09. The van der Waals surface area contributed by atoms with Gasteiger partial charge >= 0.3 is 0 Å². The van der Waals surface area contributed by atoms with E-state index in [9.17, 15) is 4.79 Å². The zero-order valence-electron chi connectivity index (χ0n) is 21.4. The number of benzene rings is 3. The molecule has 0 spiro atoms. The summed E-state index contributed by atoms with van der Waals surface area (Å²) in [6, 6.07) is 19.9. The molecular weight excluding hydrogens is 478 g/mol. The van der Waals surface area contributed by atoms with Crippen LogP contribution in [-0.4, -0.2) is 41.1 Å². The number of H-pyrrole nitrogens is 1. The monoisotopic (exact) mass is 507 g/mol. The van der Waals surface area contributed by atoms with Gasteiger partial charge < -0.3 is 25.1 Å². The summed E-state index contributed by atoms with van der Waals surface area (Å²) in [5.41, 5.74) is 3.90. The van der Waals surface area contributed by atoms with Crippen LogP contribution in [0.3, 0.4) is 0 Å². The van der Waals surface area contributed by atoms with Crippen LogP contribution in [0, 0.1) is 0 Å². The lowest BCUT2D eigenvalue weighted by Gasteiger charge is -2.16. The molecule has 0 atom stereocenters. The number of nitrogens with one attached hydrogen (secondary N) is 3. The summed E-state index contributed by atoms with van der Waals surface area (Å²) in [6.45, 7) is 0. The Morgan fingerprint density at radius 1 is 1.00 bits per heavy atom. The fraction of sp³-hybridized carbons (Fsp3) is 0.233. The molecule has 8 nitrogen and oxygen atoms in total. The molecule has 0 unspecified atom stereocenters. The van der Waals surface area contributed by atoms with Gasteiger partial charge in [-0.25, -0.2) is 0 Å². The van der Waals surface area contributed by atoms with E-state index in [-0.39, 0.29) is 12.0 Å². The number of nitrogens with zero attached hydrogens (tertiary/aromatic N) is 2. The van der Waals surface area contributed by atoms with Gasteiger partial charge in [-0.1, -0.05) is 36.4 Å². The van der Waals surface area contributed by atoms with Gasteiger partial charge in [0.15, 0.2) is 0 Å². The lowest BCUT2D eigenvalue weighted by molar-refractivity contribution is 0.0962. The number of hydrogen-bond donors (Lipinski definition) is 3. The molecule has 0 radical (unpaired) electrons. The van der Waals surface area contributed by atoms with Crippen LogP contribution in [0.25, 0.3) is 32.9 Å². The van der Waals surface area contributed by atoms with Crippen molar-refractivity contribution in [2.75, 3.05) is 19.5 Å². The Balaban J connectivity index is 1.42. The normalized spacial score (nSPS) is 13.6. The van der Waals surface area contributed by atoms with Crippen LogP contribution in [0.5, 0.6) is 11.6 Å². The van der Waals surface area contributed by atoms with Gasteiger partial charge in [0.1, 0.15) is 17.5 Å². The number of carbonyl (C=O) groups excluding carboxylic acids is 1. The van der Waals surface area contributed by atoms with Gasteiger partial charge in [-0.3, -0.25) is 4.79 Å². The van der Waals surface area contributed by atoms with E-state index >= 15 is 0 Å². The Morgan fingerprint density at radius 2 is 1.82 bits per heavy atom. The van der Waals surface area contributed by atoms with Gasteiger partial charge in [-0.2, -0.15) is 9.97 Å². The molecule has 3 N–H and O–H groups in total. The quantitative estimate of drug-likeness (QED) is 0.242. The van der Waals surface area contributed by atoms with Crippen molar-refractivity contribution in [3.8, 4) is 22.8 Å². The maximum Gasteiger partial charge on any atom is 0.251 e. The minimum atomic E-state index is -0.188. The van der Waals surface area contributed by atoms with Crippen LogP contribution < -0.4 is 20.1 Å². The van der Waals surface area contributed by atoms with E-state index in [1.54, 1.807) is 32.4 Å². The minimum absolute atomic E-state index is 0.127. The third-order valence-corrected chi connectivity index (χ3v) is 7.08. The second-order valence-electron chi connectivity index (χ2n) is 9.48. The molecule has 3 aromatic carbocycles. The van der Waals surface area contributed by atoms with Gasteiger partial charge in [0.2, 0.25) is 11.8 Å². The summed E-state index contributed by atoms with van der Waals surface area (Å²) in [7, 11) is 3.16. The van der Waals surface area contributed by atoms with Crippen molar-refractivity contribution in [2.45, 2.75) is 31.8 Å². The van der Waals surface area contributed by atoms with Crippen LogP contribution >= 0.6 is 0 Å². The molecule has 1 fully saturated rings. The van der Waals surface area contributed by atoms with Crippen LogP contribution in [0.1, 0.15) is 36.0 Å².